The Morgan fingerprint density at radius 1 is 1.00 bits per heavy atom. The fourth-order valence-electron chi connectivity index (χ4n) is 4.40. The van der Waals surface area contributed by atoms with Gasteiger partial charge in [0.25, 0.3) is 0 Å². The van der Waals surface area contributed by atoms with Crippen molar-refractivity contribution in [2.24, 2.45) is 0 Å². The molecule has 0 aromatic heterocycles. The molecule has 2 fully saturated rings. The summed E-state index contributed by atoms with van der Waals surface area (Å²) in [6.07, 6.45) is 3.91. The van der Waals surface area contributed by atoms with Crippen LogP contribution in [0.2, 0.25) is 0 Å². The average molecular weight is 380 g/mol. The molecule has 1 unspecified atom stereocenters. The van der Waals surface area contributed by atoms with Gasteiger partial charge in [-0.1, -0.05) is 12.1 Å². The van der Waals surface area contributed by atoms with Crippen molar-refractivity contribution in [1.82, 2.24) is 4.90 Å². The Kier molecular flexibility index (Phi) is 5.53. The number of hydrogen-bond acceptors (Lipinski definition) is 4. The third-order valence-electron chi connectivity index (χ3n) is 5.87. The number of nitrogens with zero attached hydrogens (tertiary/aromatic N) is 2. The second kappa shape index (κ2) is 8.23. The second-order valence-electron chi connectivity index (χ2n) is 7.55. The van der Waals surface area contributed by atoms with Crippen molar-refractivity contribution < 1.29 is 14.3 Å². The van der Waals surface area contributed by atoms with Gasteiger partial charge in [0, 0.05) is 36.8 Å². The first-order valence-electron chi connectivity index (χ1n) is 10.0. The van der Waals surface area contributed by atoms with Crippen LogP contribution in [0, 0.1) is 0 Å². The van der Waals surface area contributed by atoms with Crippen LogP contribution in [-0.2, 0) is 11.3 Å². The van der Waals surface area contributed by atoms with Crippen LogP contribution in [0.3, 0.4) is 0 Å². The normalized spacial score (nSPS) is 20.0. The highest BCUT2D eigenvalue weighted by molar-refractivity contribution is 5.95. The van der Waals surface area contributed by atoms with E-state index in [2.05, 4.69) is 35.2 Å². The molecule has 28 heavy (non-hydrogen) atoms. The molecule has 0 saturated carbocycles. The van der Waals surface area contributed by atoms with E-state index < -0.39 is 0 Å². The molecule has 4 rings (SSSR count). The van der Waals surface area contributed by atoms with Crippen molar-refractivity contribution in [2.45, 2.75) is 38.3 Å². The lowest BCUT2D eigenvalue weighted by Crippen LogP contribution is -2.24. The summed E-state index contributed by atoms with van der Waals surface area (Å²) in [4.78, 5) is 16.3. The van der Waals surface area contributed by atoms with Crippen molar-refractivity contribution >= 4 is 11.6 Å². The summed E-state index contributed by atoms with van der Waals surface area (Å²) in [5, 5.41) is 0. The van der Waals surface area contributed by atoms with Gasteiger partial charge in [-0.05, 0) is 61.7 Å². The number of ether oxygens (including phenoxy) is 2. The molecule has 2 aromatic rings. The summed E-state index contributed by atoms with van der Waals surface area (Å²) in [7, 11) is 3.42. The molecule has 2 aliphatic rings. The lowest BCUT2D eigenvalue weighted by Gasteiger charge is -2.27. The SMILES string of the molecule is COc1ccc(OC)c(C2CCCN2Cc2ccc(N3CCCC3=O)cc2)c1. The van der Waals surface area contributed by atoms with Gasteiger partial charge in [0.1, 0.15) is 11.5 Å². The van der Waals surface area contributed by atoms with Crippen molar-refractivity contribution in [3.63, 3.8) is 0 Å². The Morgan fingerprint density at radius 3 is 2.50 bits per heavy atom. The quantitative estimate of drug-likeness (QED) is 0.754. The first-order chi connectivity index (χ1) is 13.7. The molecule has 148 valence electrons. The molecule has 5 nitrogen and oxygen atoms in total. The molecule has 0 bridgehead atoms. The Morgan fingerprint density at radius 2 is 1.82 bits per heavy atom. The maximum atomic E-state index is 11.9. The predicted molar refractivity (Wildman–Crippen MR) is 110 cm³/mol. The lowest BCUT2D eigenvalue weighted by atomic mass is 10.0. The van der Waals surface area contributed by atoms with Crippen molar-refractivity contribution in [3.05, 3.63) is 53.6 Å². The van der Waals surface area contributed by atoms with Crippen LogP contribution in [0.1, 0.15) is 42.9 Å². The minimum atomic E-state index is 0.234. The molecule has 1 amide bonds. The fourth-order valence-corrected chi connectivity index (χ4v) is 4.40. The largest absolute Gasteiger partial charge is 0.497 e. The first kappa shape index (κ1) is 18.8. The van der Waals surface area contributed by atoms with E-state index in [1.807, 2.05) is 17.0 Å². The number of carbonyl (C=O) groups is 1. The van der Waals surface area contributed by atoms with E-state index in [4.69, 9.17) is 9.47 Å². The smallest absolute Gasteiger partial charge is 0.227 e. The summed E-state index contributed by atoms with van der Waals surface area (Å²) in [5.74, 6) is 2.01. The summed E-state index contributed by atoms with van der Waals surface area (Å²) in [6.45, 7) is 2.79. The highest BCUT2D eigenvalue weighted by Gasteiger charge is 2.29. The van der Waals surface area contributed by atoms with Gasteiger partial charge in [0.05, 0.1) is 14.2 Å². The number of likely N-dealkylation sites (tertiary alicyclic amines) is 1. The van der Waals surface area contributed by atoms with Crippen LogP contribution in [0.15, 0.2) is 42.5 Å². The molecular formula is C23H28N2O3. The Balaban J connectivity index is 1.51. The number of carbonyl (C=O) groups excluding carboxylic acids is 1. The zero-order valence-corrected chi connectivity index (χ0v) is 16.7. The molecule has 1 atom stereocenters. The van der Waals surface area contributed by atoms with Crippen LogP contribution in [0.25, 0.3) is 0 Å². The number of hydrogen-bond donors (Lipinski definition) is 0. The summed E-state index contributed by atoms with van der Waals surface area (Å²) < 4.78 is 11.1. The molecule has 2 heterocycles. The molecule has 0 spiro atoms. The number of anilines is 1. The Hall–Kier alpha value is -2.53. The standard InChI is InChI=1S/C23H28N2O3/c1-27-19-11-12-22(28-2)20(15-19)21-5-3-13-24(21)16-17-7-9-18(10-8-17)25-14-4-6-23(25)26/h7-12,15,21H,3-6,13-14,16H2,1-2H3. The van der Waals surface area contributed by atoms with Crippen molar-refractivity contribution in [3.8, 4) is 11.5 Å². The molecular weight excluding hydrogens is 352 g/mol. The van der Waals surface area contributed by atoms with E-state index in [0.29, 0.717) is 12.5 Å². The lowest BCUT2D eigenvalue weighted by molar-refractivity contribution is -0.117. The van der Waals surface area contributed by atoms with E-state index in [0.717, 1.165) is 49.7 Å². The molecule has 2 aliphatic heterocycles. The number of benzene rings is 2. The molecule has 5 heteroatoms. The number of rotatable bonds is 6. The third kappa shape index (κ3) is 3.72. The summed E-state index contributed by atoms with van der Waals surface area (Å²) >= 11 is 0. The van der Waals surface area contributed by atoms with Crippen molar-refractivity contribution in [2.75, 3.05) is 32.2 Å². The maximum absolute atomic E-state index is 11.9. The highest BCUT2D eigenvalue weighted by Crippen LogP contribution is 2.39. The van der Waals surface area contributed by atoms with E-state index in [9.17, 15) is 4.79 Å². The Labute approximate surface area is 166 Å². The summed E-state index contributed by atoms with van der Waals surface area (Å²) in [6, 6.07) is 14.8. The van der Waals surface area contributed by atoms with Gasteiger partial charge >= 0.3 is 0 Å². The van der Waals surface area contributed by atoms with E-state index >= 15 is 0 Å². The minimum Gasteiger partial charge on any atom is -0.497 e. The van der Waals surface area contributed by atoms with Crippen LogP contribution >= 0.6 is 0 Å². The first-order valence-corrected chi connectivity index (χ1v) is 10.0. The van der Waals surface area contributed by atoms with Crippen LogP contribution < -0.4 is 14.4 Å². The van der Waals surface area contributed by atoms with Crippen molar-refractivity contribution in [1.29, 1.82) is 0 Å². The van der Waals surface area contributed by atoms with Gasteiger partial charge in [0.2, 0.25) is 5.91 Å². The third-order valence-corrected chi connectivity index (χ3v) is 5.87. The minimum absolute atomic E-state index is 0.234. The van der Waals surface area contributed by atoms with Gasteiger partial charge in [-0.25, -0.2) is 0 Å². The van der Waals surface area contributed by atoms with E-state index in [-0.39, 0.29) is 5.91 Å². The van der Waals surface area contributed by atoms with Crippen LogP contribution in [0.4, 0.5) is 5.69 Å². The van der Waals surface area contributed by atoms with E-state index in [1.165, 1.54) is 17.5 Å². The summed E-state index contributed by atoms with van der Waals surface area (Å²) in [5.41, 5.74) is 3.47. The molecule has 2 saturated heterocycles. The number of methoxy groups -OCH3 is 2. The van der Waals surface area contributed by atoms with Crippen LogP contribution in [-0.4, -0.2) is 38.1 Å². The van der Waals surface area contributed by atoms with Gasteiger partial charge < -0.3 is 14.4 Å². The molecule has 0 radical (unpaired) electrons. The van der Waals surface area contributed by atoms with Gasteiger partial charge in [-0.15, -0.1) is 0 Å². The van der Waals surface area contributed by atoms with Gasteiger partial charge in [0.15, 0.2) is 0 Å². The number of amides is 1. The van der Waals surface area contributed by atoms with Gasteiger partial charge in [-0.3, -0.25) is 9.69 Å². The fraction of sp³-hybridized carbons (Fsp3) is 0.435. The maximum Gasteiger partial charge on any atom is 0.227 e. The van der Waals surface area contributed by atoms with E-state index in [1.54, 1.807) is 14.2 Å². The highest BCUT2D eigenvalue weighted by atomic mass is 16.5. The topological polar surface area (TPSA) is 42.0 Å². The Bertz CT molecular complexity index is 834. The van der Waals surface area contributed by atoms with Crippen LogP contribution in [0.5, 0.6) is 11.5 Å². The molecule has 0 aliphatic carbocycles. The monoisotopic (exact) mass is 380 g/mol. The van der Waals surface area contributed by atoms with Gasteiger partial charge in [-0.2, -0.15) is 0 Å². The average Bonchev–Trinajstić information content (AvgIpc) is 3.37. The zero-order chi connectivity index (χ0) is 19.5. The second-order valence-corrected chi connectivity index (χ2v) is 7.55. The molecule has 0 N–H and O–H groups in total. The predicted octanol–water partition coefficient (Wildman–Crippen LogP) is 4.17. The zero-order valence-electron chi connectivity index (χ0n) is 16.7. The molecule has 2 aromatic carbocycles.